The van der Waals surface area contributed by atoms with Crippen molar-refractivity contribution in [3.63, 3.8) is 0 Å². The van der Waals surface area contributed by atoms with Gasteiger partial charge in [-0.3, -0.25) is 9.67 Å². The summed E-state index contributed by atoms with van der Waals surface area (Å²) in [5.74, 6) is 0.537. The Morgan fingerprint density at radius 2 is 1.95 bits per heavy atom. The summed E-state index contributed by atoms with van der Waals surface area (Å²) in [6.45, 7) is 1.75. The van der Waals surface area contributed by atoms with Gasteiger partial charge in [0.05, 0.1) is 0 Å². The highest BCUT2D eigenvalue weighted by molar-refractivity contribution is 5.18. The topological polar surface area (TPSA) is 39.9 Å². The molecule has 0 saturated carbocycles. The van der Waals surface area contributed by atoms with Gasteiger partial charge >= 0.3 is 6.18 Å². The van der Waals surface area contributed by atoms with Gasteiger partial charge in [0, 0.05) is 18.9 Å². The van der Waals surface area contributed by atoms with E-state index in [9.17, 15) is 13.2 Å². The number of alkyl halides is 3. The standard InChI is InChI=1S/C12H12F3N3O/c1-2-18-11(12(13,14)15)7-9(17-18)8-19-10-3-5-16-6-4-10/h3-7H,2,8H2,1H3. The van der Waals surface area contributed by atoms with E-state index in [1.807, 2.05) is 0 Å². The fraction of sp³-hybridized carbons (Fsp3) is 0.333. The average Bonchev–Trinajstić information content (AvgIpc) is 2.81. The molecule has 2 heterocycles. The van der Waals surface area contributed by atoms with Crippen LogP contribution in [0.4, 0.5) is 13.2 Å². The first-order chi connectivity index (χ1) is 9.00. The van der Waals surface area contributed by atoms with E-state index in [2.05, 4.69) is 10.1 Å². The molecule has 0 amide bonds. The summed E-state index contributed by atoms with van der Waals surface area (Å²) in [5, 5.41) is 3.87. The number of rotatable bonds is 4. The molecular formula is C12H12F3N3O. The van der Waals surface area contributed by atoms with Crippen molar-refractivity contribution in [1.82, 2.24) is 14.8 Å². The summed E-state index contributed by atoms with van der Waals surface area (Å²) in [5.41, 5.74) is -0.519. The molecule has 0 saturated heterocycles. The second-order valence-corrected chi connectivity index (χ2v) is 3.81. The molecule has 4 nitrogen and oxygen atoms in total. The molecule has 0 aliphatic carbocycles. The largest absolute Gasteiger partial charge is 0.487 e. The lowest BCUT2D eigenvalue weighted by Gasteiger charge is -2.07. The lowest BCUT2D eigenvalue weighted by molar-refractivity contribution is -0.144. The third kappa shape index (κ3) is 3.24. The molecule has 0 aliphatic rings. The van der Waals surface area contributed by atoms with E-state index >= 15 is 0 Å². The van der Waals surface area contributed by atoms with Gasteiger partial charge in [-0.05, 0) is 25.1 Å². The maximum Gasteiger partial charge on any atom is 0.433 e. The van der Waals surface area contributed by atoms with Crippen molar-refractivity contribution in [1.29, 1.82) is 0 Å². The Kier molecular flexibility index (Phi) is 3.73. The number of aromatic nitrogens is 3. The molecule has 2 aromatic rings. The highest BCUT2D eigenvalue weighted by Gasteiger charge is 2.35. The Balaban J connectivity index is 2.12. The summed E-state index contributed by atoms with van der Waals surface area (Å²) in [6, 6.07) is 4.26. The minimum absolute atomic E-state index is 0.0138. The number of ether oxygens (including phenoxy) is 1. The summed E-state index contributed by atoms with van der Waals surface area (Å²) >= 11 is 0. The van der Waals surface area contributed by atoms with E-state index in [0.29, 0.717) is 5.75 Å². The number of hydrogen-bond acceptors (Lipinski definition) is 3. The summed E-state index contributed by atoms with van der Waals surface area (Å²) in [4.78, 5) is 3.82. The predicted molar refractivity (Wildman–Crippen MR) is 61.5 cm³/mol. The second-order valence-electron chi connectivity index (χ2n) is 3.81. The Morgan fingerprint density at radius 1 is 1.26 bits per heavy atom. The van der Waals surface area contributed by atoms with Gasteiger partial charge in [0.1, 0.15) is 23.7 Å². The molecule has 0 fully saturated rings. The minimum atomic E-state index is -4.40. The van der Waals surface area contributed by atoms with Crippen LogP contribution in [0.25, 0.3) is 0 Å². The Bertz CT molecular complexity index is 537. The molecule has 0 aromatic carbocycles. The van der Waals surface area contributed by atoms with Crippen LogP contribution >= 0.6 is 0 Å². The number of hydrogen-bond donors (Lipinski definition) is 0. The van der Waals surface area contributed by atoms with Crippen molar-refractivity contribution in [2.24, 2.45) is 0 Å². The van der Waals surface area contributed by atoms with E-state index < -0.39 is 11.9 Å². The van der Waals surface area contributed by atoms with E-state index in [4.69, 9.17) is 4.74 Å². The van der Waals surface area contributed by atoms with Crippen LogP contribution in [0.15, 0.2) is 30.6 Å². The molecule has 2 aromatic heterocycles. The van der Waals surface area contributed by atoms with Gasteiger partial charge in [0.25, 0.3) is 0 Å². The molecule has 2 rings (SSSR count). The molecule has 0 radical (unpaired) electrons. The van der Waals surface area contributed by atoms with Crippen LogP contribution in [0.1, 0.15) is 18.3 Å². The van der Waals surface area contributed by atoms with Gasteiger partial charge in [-0.25, -0.2) is 0 Å². The Labute approximate surface area is 107 Å². The fourth-order valence-corrected chi connectivity index (χ4v) is 1.60. The zero-order valence-corrected chi connectivity index (χ0v) is 10.2. The van der Waals surface area contributed by atoms with Crippen molar-refractivity contribution in [2.75, 3.05) is 0 Å². The monoisotopic (exact) mass is 271 g/mol. The fourth-order valence-electron chi connectivity index (χ4n) is 1.60. The van der Waals surface area contributed by atoms with Crippen LogP contribution in [0.2, 0.25) is 0 Å². The molecule has 0 N–H and O–H groups in total. The van der Waals surface area contributed by atoms with E-state index in [-0.39, 0.29) is 18.8 Å². The van der Waals surface area contributed by atoms with Gasteiger partial charge < -0.3 is 4.74 Å². The van der Waals surface area contributed by atoms with E-state index in [1.54, 1.807) is 31.5 Å². The lowest BCUT2D eigenvalue weighted by atomic mass is 10.3. The Hall–Kier alpha value is -2.05. The van der Waals surface area contributed by atoms with Gasteiger partial charge in [0.2, 0.25) is 0 Å². The smallest absolute Gasteiger partial charge is 0.433 e. The normalized spacial score (nSPS) is 11.6. The first kappa shape index (κ1) is 13.4. The van der Waals surface area contributed by atoms with Gasteiger partial charge in [-0.1, -0.05) is 0 Å². The molecule has 0 spiro atoms. The van der Waals surface area contributed by atoms with Crippen LogP contribution in [-0.4, -0.2) is 14.8 Å². The van der Waals surface area contributed by atoms with Gasteiger partial charge in [-0.15, -0.1) is 0 Å². The van der Waals surface area contributed by atoms with Crippen LogP contribution in [0.5, 0.6) is 5.75 Å². The van der Waals surface area contributed by atoms with Gasteiger partial charge in [0.15, 0.2) is 0 Å². The zero-order chi connectivity index (χ0) is 13.9. The van der Waals surface area contributed by atoms with Crippen molar-refractivity contribution in [2.45, 2.75) is 26.3 Å². The van der Waals surface area contributed by atoms with Crippen LogP contribution in [0, 0.1) is 0 Å². The predicted octanol–water partition coefficient (Wildman–Crippen LogP) is 2.90. The molecular weight excluding hydrogens is 259 g/mol. The second kappa shape index (κ2) is 5.29. The molecule has 0 bridgehead atoms. The quantitative estimate of drug-likeness (QED) is 0.858. The minimum Gasteiger partial charge on any atom is -0.487 e. The van der Waals surface area contributed by atoms with Crippen molar-refractivity contribution in [3.05, 3.63) is 42.0 Å². The zero-order valence-electron chi connectivity index (χ0n) is 10.2. The highest BCUT2D eigenvalue weighted by atomic mass is 19.4. The molecule has 7 heteroatoms. The third-order valence-corrected chi connectivity index (χ3v) is 2.46. The molecule has 0 atom stereocenters. The van der Waals surface area contributed by atoms with Crippen molar-refractivity contribution >= 4 is 0 Å². The first-order valence-corrected chi connectivity index (χ1v) is 5.67. The van der Waals surface area contributed by atoms with Crippen LogP contribution in [0.3, 0.4) is 0 Å². The van der Waals surface area contributed by atoms with E-state index in [0.717, 1.165) is 10.7 Å². The van der Waals surface area contributed by atoms with Crippen molar-refractivity contribution in [3.8, 4) is 5.75 Å². The lowest BCUT2D eigenvalue weighted by Crippen LogP contribution is -2.13. The summed E-state index contributed by atoms with van der Waals surface area (Å²) in [7, 11) is 0. The van der Waals surface area contributed by atoms with Crippen LogP contribution in [-0.2, 0) is 19.3 Å². The van der Waals surface area contributed by atoms with Gasteiger partial charge in [-0.2, -0.15) is 18.3 Å². The van der Waals surface area contributed by atoms with Crippen molar-refractivity contribution < 1.29 is 17.9 Å². The molecule has 102 valence electrons. The maximum absolute atomic E-state index is 12.7. The molecule has 0 aliphatic heterocycles. The third-order valence-electron chi connectivity index (χ3n) is 2.46. The molecule has 19 heavy (non-hydrogen) atoms. The SMILES string of the molecule is CCn1nc(COc2ccncc2)cc1C(F)(F)F. The highest BCUT2D eigenvalue weighted by Crippen LogP contribution is 2.30. The van der Waals surface area contributed by atoms with Crippen LogP contribution < -0.4 is 4.74 Å². The summed E-state index contributed by atoms with van der Waals surface area (Å²) < 4.78 is 44.4. The maximum atomic E-state index is 12.7. The van der Waals surface area contributed by atoms with E-state index in [1.165, 1.54) is 0 Å². The summed E-state index contributed by atoms with van der Waals surface area (Å²) in [6.07, 6.45) is -1.32. The average molecular weight is 271 g/mol. The Morgan fingerprint density at radius 3 is 2.47 bits per heavy atom. The number of halogens is 3. The molecule has 0 unspecified atom stereocenters. The number of nitrogens with zero attached hydrogens (tertiary/aromatic N) is 3. The number of pyridine rings is 1. The number of aryl methyl sites for hydroxylation is 1. The first-order valence-electron chi connectivity index (χ1n) is 5.67.